The Hall–Kier alpha value is -1.98. The predicted molar refractivity (Wildman–Crippen MR) is 104 cm³/mol. The molecule has 0 aliphatic carbocycles. The fourth-order valence-electron chi connectivity index (χ4n) is 2.25. The number of hydrogen-bond acceptors (Lipinski definition) is 3. The van der Waals surface area contributed by atoms with E-state index in [9.17, 15) is 9.59 Å². The second-order valence-electron chi connectivity index (χ2n) is 5.52. The molecule has 2 rings (SSSR count). The molecule has 25 heavy (non-hydrogen) atoms. The van der Waals surface area contributed by atoms with E-state index in [4.69, 9.17) is 11.6 Å². The summed E-state index contributed by atoms with van der Waals surface area (Å²) in [5, 5.41) is 6.36. The molecular weight excluding hydrogens is 356 g/mol. The van der Waals surface area contributed by atoms with Gasteiger partial charge in [-0.1, -0.05) is 41.9 Å². The number of thioether (sulfide) groups is 1. The van der Waals surface area contributed by atoms with Gasteiger partial charge in [-0.3, -0.25) is 9.59 Å². The molecule has 0 aliphatic heterocycles. The van der Waals surface area contributed by atoms with Crippen LogP contribution in [0.1, 0.15) is 22.3 Å². The molecule has 0 aliphatic rings. The molecule has 0 radical (unpaired) electrons. The van der Waals surface area contributed by atoms with Gasteiger partial charge in [0.1, 0.15) is 6.04 Å². The van der Waals surface area contributed by atoms with E-state index in [2.05, 4.69) is 10.6 Å². The van der Waals surface area contributed by atoms with Crippen LogP contribution in [0.25, 0.3) is 0 Å². The van der Waals surface area contributed by atoms with Gasteiger partial charge in [-0.15, -0.1) is 0 Å². The number of nitrogens with one attached hydrogen (secondary N) is 2. The summed E-state index contributed by atoms with van der Waals surface area (Å²) in [5.74, 6) is 0.357. The second-order valence-corrected chi connectivity index (χ2v) is 6.94. The summed E-state index contributed by atoms with van der Waals surface area (Å²) >= 11 is 7.50. The maximum Gasteiger partial charge on any atom is 0.251 e. The van der Waals surface area contributed by atoms with Crippen LogP contribution in [-0.2, 0) is 11.3 Å². The molecule has 1 atom stereocenters. The molecule has 2 aromatic rings. The zero-order chi connectivity index (χ0) is 18.1. The Balaban J connectivity index is 1.96. The molecule has 6 heteroatoms. The van der Waals surface area contributed by atoms with Crippen LogP contribution in [0.5, 0.6) is 0 Å². The van der Waals surface area contributed by atoms with Crippen molar-refractivity contribution in [2.24, 2.45) is 0 Å². The first kappa shape index (κ1) is 19.3. The van der Waals surface area contributed by atoms with Gasteiger partial charge < -0.3 is 10.6 Å². The minimum absolute atomic E-state index is 0.187. The van der Waals surface area contributed by atoms with E-state index in [1.54, 1.807) is 48.2 Å². The van der Waals surface area contributed by atoms with Gasteiger partial charge in [0.15, 0.2) is 0 Å². The smallest absolute Gasteiger partial charge is 0.251 e. The molecule has 0 fully saturated rings. The summed E-state index contributed by atoms with van der Waals surface area (Å²) in [6, 6.07) is 15.6. The van der Waals surface area contributed by atoms with E-state index in [1.165, 1.54) is 0 Å². The zero-order valence-corrected chi connectivity index (χ0v) is 15.6. The summed E-state index contributed by atoms with van der Waals surface area (Å²) < 4.78 is 0. The van der Waals surface area contributed by atoms with Gasteiger partial charge in [-0.2, -0.15) is 11.8 Å². The van der Waals surface area contributed by atoms with E-state index in [0.717, 1.165) is 11.3 Å². The predicted octanol–water partition coefficient (Wildman–Crippen LogP) is 3.51. The van der Waals surface area contributed by atoms with Crippen LogP contribution in [0.15, 0.2) is 54.6 Å². The Bertz CT molecular complexity index is 692. The van der Waals surface area contributed by atoms with E-state index in [0.29, 0.717) is 23.6 Å². The van der Waals surface area contributed by atoms with Crippen LogP contribution < -0.4 is 10.6 Å². The lowest BCUT2D eigenvalue weighted by molar-refractivity contribution is -0.123. The van der Waals surface area contributed by atoms with Crippen molar-refractivity contribution in [1.82, 2.24) is 10.6 Å². The third-order valence-electron chi connectivity index (χ3n) is 3.65. The lowest BCUT2D eigenvalue weighted by Gasteiger charge is -2.18. The highest BCUT2D eigenvalue weighted by Gasteiger charge is 2.20. The number of amides is 2. The first-order valence-corrected chi connectivity index (χ1v) is 9.74. The number of carbonyl (C=O) groups excluding carboxylic acids is 2. The van der Waals surface area contributed by atoms with Crippen LogP contribution in [-0.4, -0.2) is 29.9 Å². The highest BCUT2D eigenvalue weighted by molar-refractivity contribution is 7.98. The maximum absolute atomic E-state index is 12.5. The van der Waals surface area contributed by atoms with Gasteiger partial charge in [-0.05, 0) is 48.3 Å². The van der Waals surface area contributed by atoms with Crippen molar-refractivity contribution in [3.8, 4) is 0 Å². The minimum atomic E-state index is -0.563. The van der Waals surface area contributed by atoms with Gasteiger partial charge in [0.05, 0.1) is 0 Å². The molecule has 0 spiro atoms. The minimum Gasteiger partial charge on any atom is -0.350 e. The van der Waals surface area contributed by atoms with Crippen molar-refractivity contribution in [2.45, 2.75) is 19.0 Å². The Morgan fingerprint density at radius 2 is 1.76 bits per heavy atom. The molecule has 0 bridgehead atoms. The molecule has 0 unspecified atom stereocenters. The van der Waals surface area contributed by atoms with Crippen molar-refractivity contribution in [2.75, 3.05) is 12.0 Å². The van der Waals surface area contributed by atoms with E-state index in [-0.39, 0.29) is 11.8 Å². The molecule has 132 valence electrons. The normalized spacial score (nSPS) is 11.6. The van der Waals surface area contributed by atoms with Gasteiger partial charge in [0.2, 0.25) is 5.91 Å². The van der Waals surface area contributed by atoms with Crippen LogP contribution in [0.4, 0.5) is 0 Å². The quantitative estimate of drug-likeness (QED) is 0.741. The zero-order valence-electron chi connectivity index (χ0n) is 14.0. The van der Waals surface area contributed by atoms with Gasteiger partial charge in [0.25, 0.3) is 5.91 Å². The molecule has 0 aromatic heterocycles. The third-order valence-corrected chi connectivity index (χ3v) is 4.54. The first-order chi connectivity index (χ1) is 12.1. The van der Waals surface area contributed by atoms with Crippen molar-refractivity contribution in [3.05, 3.63) is 70.7 Å². The molecule has 0 saturated carbocycles. The average Bonchev–Trinajstić information content (AvgIpc) is 2.65. The standard InChI is InChI=1S/C19H21ClN2O2S/c1-25-12-11-17(22-18(23)15-5-3-2-4-6-15)19(24)21-13-14-7-9-16(20)10-8-14/h2-10,17H,11-13H2,1H3,(H,21,24)(H,22,23)/t17-/m0/s1. The number of hydrogen-bond donors (Lipinski definition) is 2. The molecule has 2 aromatic carbocycles. The molecule has 0 saturated heterocycles. The van der Waals surface area contributed by atoms with E-state index >= 15 is 0 Å². The lowest BCUT2D eigenvalue weighted by Crippen LogP contribution is -2.46. The van der Waals surface area contributed by atoms with Gasteiger partial charge >= 0.3 is 0 Å². The Labute approximate surface area is 157 Å². The highest BCUT2D eigenvalue weighted by Crippen LogP contribution is 2.10. The molecular formula is C19H21ClN2O2S. The summed E-state index contributed by atoms with van der Waals surface area (Å²) in [4.78, 5) is 24.8. The topological polar surface area (TPSA) is 58.2 Å². The fraction of sp³-hybridized carbons (Fsp3) is 0.263. The largest absolute Gasteiger partial charge is 0.350 e. The molecule has 2 N–H and O–H groups in total. The lowest BCUT2D eigenvalue weighted by atomic mass is 10.1. The van der Waals surface area contributed by atoms with E-state index in [1.807, 2.05) is 24.5 Å². The Morgan fingerprint density at radius 1 is 1.08 bits per heavy atom. The number of rotatable bonds is 8. The third kappa shape index (κ3) is 6.44. The van der Waals surface area contributed by atoms with Gasteiger partial charge in [0, 0.05) is 17.1 Å². The highest BCUT2D eigenvalue weighted by atomic mass is 35.5. The van der Waals surface area contributed by atoms with Gasteiger partial charge in [-0.25, -0.2) is 0 Å². The summed E-state index contributed by atoms with van der Waals surface area (Å²) in [6.07, 6.45) is 2.55. The maximum atomic E-state index is 12.5. The summed E-state index contributed by atoms with van der Waals surface area (Å²) in [7, 11) is 0. The SMILES string of the molecule is CSCC[C@H](NC(=O)c1ccccc1)C(=O)NCc1ccc(Cl)cc1. The Morgan fingerprint density at radius 3 is 2.40 bits per heavy atom. The molecule has 4 nitrogen and oxygen atoms in total. The van der Waals surface area contributed by atoms with Crippen molar-refractivity contribution in [1.29, 1.82) is 0 Å². The van der Waals surface area contributed by atoms with Crippen LogP contribution in [0.2, 0.25) is 5.02 Å². The number of benzene rings is 2. The first-order valence-electron chi connectivity index (χ1n) is 7.97. The van der Waals surface area contributed by atoms with E-state index < -0.39 is 6.04 Å². The summed E-state index contributed by atoms with van der Waals surface area (Å²) in [6.45, 7) is 0.396. The summed E-state index contributed by atoms with van der Waals surface area (Å²) in [5.41, 5.74) is 1.50. The monoisotopic (exact) mass is 376 g/mol. The fourth-order valence-corrected chi connectivity index (χ4v) is 2.85. The van der Waals surface area contributed by atoms with Crippen LogP contribution in [0.3, 0.4) is 0 Å². The number of halogens is 1. The second kappa shape index (κ2) is 10.1. The van der Waals surface area contributed by atoms with Crippen molar-refractivity contribution in [3.63, 3.8) is 0 Å². The Kier molecular flexibility index (Phi) is 7.82. The van der Waals surface area contributed by atoms with Crippen LogP contribution >= 0.6 is 23.4 Å². The van der Waals surface area contributed by atoms with Crippen molar-refractivity contribution >= 4 is 35.2 Å². The van der Waals surface area contributed by atoms with Crippen molar-refractivity contribution < 1.29 is 9.59 Å². The van der Waals surface area contributed by atoms with Crippen LogP contribution in [0, 0.1) is 0 Å². The average molecular weight is 377 g/mol. The molecule has 0 heterocycles. The molecule has 2 amide bonds. The number of carbonyl (C=O) groups is 2.